The maximum atomic E-state index is 12.5. The summed E-state index contributed by atoms with van der Waals surface area (Å²) in [6.07, 6.45) is 3.95. The number of carbonyl (C=O) groups is 1. The fraction of sp³-hybridized carbons (Fsp3) is 0.562. The van der Waals surface area contributed by atoms with Crippen molar-refractivity contribution in [2.24, 2.45) is 5.92 Å². The van der Waals surface area contributed by atoms with Crippen molar-refractivity contribution in [3.8, 4) is 11.5 Å². The molecule has 1 unspecified atom stereocenters. The van der Waals surface area contributed by atoms with Crippen LogP contribution in [-0.2, 0) is 11.2 Å². The first-order valence-electron chi connectivity index (χ1n) is 7.45. The van der Waals surface area contributed by atoms with Gasteiger partial charge in [0.15, 0.2) is 11.5 Å². The standard InChI is InChI=1S/C16H21NO3.ClH/c1-2-13(16(18)17-7-3-4-8-17)9-12-5-6-14-15(10-12)20-11-19-14;/h5-6,10,13H,2-4,7-9,11H2,1H3;1H. The lowest BCUT2D eigenvalue weighted by atomic mass is 9.95. The molecule has 116 valence electrons. The summed E-state index contributed by atoms with van der Waals surface area (Å²) in [4.78, 5) is 14.5. The Morgan fingerprint density at radius 3 is 2.67 bits per heavy atom. The SMILES string of the molecule is CCC(Cc1ccc2c(c1)OCO2)C(=O)N1CCCC1.Cl. The molecule has 2 heterocycles. The van der Waals surface area contributed by atoms with Crippen LogP contribution >= 0.6 is 12.4 Å². The first-order chi connectivity index (χ1) is 9.78. The van der Waals surface area contributed by atoms with Crippen LogP contribution < -0.4 is 9.47 Å². The molecule has 0 aromatic heterocycles. The second kappa shape index (κ2) is 7.03. The van der Waals surface area contributed by atoms with Gasteiger partial charge in [0.25, 0.3) is 0 Å². The van der Waals surface area contributed by atoms with E-state index in [-0.39, 0.29) is 18.3 Å². The van der Waals surface area contributed by atoms with Gasteiger partial charge < -0.3 is 14.4 Å². The molecule has 1 atom stereocenters. The molecule has 1 saturated heterocycles. The molecule has 1 amide bonds. The van der Waals surface area contributed by atoms with Gasteiger partial charge >= 0.3 is 0 Å². The number of fused-ring (bicyclic) bond motifs is 1. The average molecular weight is 312 g/mol. The van der Waals surface area contributed by atoms with Gasteiger partial charge in [0.1, 0.15) is 0 Å². The Kier molecular flexibility index (Phi) is 5.34. The van der Waals surface area contributed by atoms with Crippen LogP contribution in [-0.4, -0.2) is 30.7 Å². The zero-order chi connectivity index (χ0) is 13.9. The monoisotopic (exact) mass is 311 g/mol. The van der Waals surface area contributed by atoms with E-state index in [1.807, 2.05) is 23.1 Å². The number of rotatable bonds is 4. The fourth-order valence-electron chi connectivity index (χ4n) is 2.95. The van der Waals surface area contributed by atoms with Crippen LogP contribution in [0, 0.1) is 5.92 Å². The smallest absolute Gasteiger partial charge is 0.231 e. The van der Waals surface area contributed by atoms with E-state index in [0.717, 1.165) is 55.8 Å². The summed E-state index contributed by atoms with van der Waals surface area (Å²) < 4.78 is 10.7. The lowest BCUT2D eigenvalue weighted by Gasteiger charge is -2.22. The van der Waals surface area contributed by atoms with Gasteiger partial charge in [-0.15, -0.1) is 12.4 Å². The second-order valence-corrected chi connectivity index (χ2v) is 5.53. The highest BCUT2D eigenvalue weighted by atomic mass is 35.5. The molecule has 0 bridgehead atoms. The number of amides is 1. The summed E-state index contributed by atoms with van der Waals surface area (Å²) in [7, 11) is 0. The highest BCUT2D eigenvalue weighted by Crippen LogP contribution is 2.33. The number of nitrogens with zero attached hydrogens (tertiary/aromatic N) is 1. The van der Waals surface area contributed by atoms with Crippen molar-refractivity contribution in [2.75, 3.05) is 19.9 Å². The van der Waals surface area contributed by atoms with Crippen LogP contribution in [0.15, 0.2) is 18.2 Å². The molecular formula is C16H22ClNO3. The van der Waals surface area contributed by atoms with Crippen molar-refractivity contribution >= 4 is 18.3 Å². The number of halogens is 1. The minimum absolute atomic E-state index is 0. The van der Waals surface area contributed by atoms with Crippen LogP contribution in [0.5, 0.6) is 11.5 Å². The zero-order valence-corrected chi connectivity index (χ0v) is 13.2. The third kappa shape index (κ3) is 3.43. The highest BCUT2D eigenvalue weighted by Gasteiger charge is 2.25. The first kappa shape index (κ1) is 16.0. The van der Waals surface area contributed by atoms with E-state index in [4.69, 9.17) is 9.47 Å². The van der Waals surface area contributed by atoms with Crippen LogP contribution in [0.25, 0.3) is 0 Å². The van der Waals surface area contributed by atoms with Gasteiger partial charge in [-0.05, 0) is 43.4 Å². The van der Waals surface area contributed by atoms with E-state index < -0.39 is 0 Å². The topological polar surface area (TPSA) is 38.8 Å². The molecule has 5 heteroatoms. The Labute approximate surface area is 131 Å². The molecule has 1 aromatic rings. The summed E-state index contributed by atoms with van der Waals surface area (Å²) in [5.41, 5.74) is 1.15. The summed E-state index contributed by atoms with van der Waals surface area (Å²) >= 11 is 0. The second-order valence-electron chi connectivity index (χ2n) is 5.53. The van der Waals surface area contributed by atoms with Crippen molar-refractivity contribution in [1.82, 2.24) is 4.90 Å². The number of likely N-dealkylation sites (tertiary alicyclic amines) is 1. The Hall–Kier alpha value is -1.42. The van der Waals surface area contributed by atoms with E-state index in [0.29, 0.717) is 12.7 Å². The van der Waals surface area contributed by atoms with Gasteiger partial charge in [-0.1, -0.05) is 13.0 Å². The van der Waals surface area contributed by atoms with Gasteiger partial charge in [0.2, 0.25) is 12.7 Å². The Balaban J connectivity index is 0.00000161. The fourth-order valence-corrected chi connectivity index (χ4v) is 2.95. The normalized spacial score (nSPS) is 17.5. The number of carbonyl (C=O) groups excluding carboxylic acids is 1. The van der Waals surface area contributed by atoms with Gasteiger partial charge in [-0.2, -0.15) is 0 Å². The molecule has 0 spiro atoms. The molecule has 0 radical (unpaired) electrons. The molecule has 2 aliphatic heterocycles. The molecule has 1 fully saturated rings. The van der Waals surface area contributed by atoms with Crippen molar-refractivity contribution in [3.05, 3.63) is 23.8 Å². The summed E-state index contributed by atoms with van der Waals surface area (Å²) in [5.74, 6) is 1.98. The number of ether oxygens (including phenoxy) is 2. The number of hydrogen-bond donors (Lipinski definition) is 0. The van der Waals surface area contributed by atoms with Crippen LogP contribution in [0.2, 0.25) is 0 Å². The van der Waals surface area contributed by atoms with Crippen molar-refractivity contribution < 1.29 is 14.3 Å². The van der Waals surface area contributed by atoms with E-state index in [1.54, 1.807) is 0 Å². The van der Waals surface area contributed by atoms with Crippen LogP contribution in [0.3, 0.4) is 0 Å². The lowest BCUT2D eigenvalue weighted by Crippen LogP contribution is -2.34. The predicted molar refractivity (Wildman–Crippen MR) is 83.1 cm³/mol. The zero-order valence-electron chi connectivity index (χ0n) is 12.3. The largest absolute Gasteiger partial charge is 0.454 e. The molecule has 0 aliphatic carbocycles. The Morgan fingerprint density at radius 1 is 1.24 bits per heavy atom. The third-order valence-electron chi connectivity index (χ3n) is 4.18. The molecule has 4 nitrogen and oxygen atoms in total. The lowest BCUT2D eigenvalue weighted by molar-refractivity contribution is -0.134. The molecule has 1 aromatic carbocycles. The van der Waals surface area contributed by atoms with E-state index in [1.165, 1.54) is 0 Å². The summed E-state index contributed by atoms with van der Waals surface area (Å²) in [6, 6.07) is 5.97. The average Bonchev–Trinajstić information content (AvgIpc) is 3.14. The Morgan fingerprint density at radius 2 is 1.95 bits per heavy atom. The van der Waals surface area contributed by atoms with Gasteiger partial charge in [-0.25, -0.2) is 0 Å². The first-order valence-corrected chi connectivity index (χ1v) is 7.45. The van der Waals surface area contributed by atoms with Crippen LogP contribution in [0.4, 0.5) is 0 Å². The minimum atomic E-state index is 0. The van der Waals surface area contributed by atoms with Crippen molar-refractivity contribution in [3.63, 3.8) is 0 Å². The van der Waals surface area contributed by atoms with Gasteiger partial charge in [0.05, 0.1) is 0 Å². The predicted octanol–water partition coefficient (Wildman–Crippen LogP) is 3.03. The van der Waals surface area contributed by atoms with E-state index in [9.17, 15) is 4.79 Å². The molecule has 21 heavy (non-hydrogen) atoms. The maximum absolute atomic E-state index is 12.5. The highest BCUT2D eigenvalue weighted by molar-refractivity contribution is 5.85. The van der Waals surface area contributed by atoms with E-state index >= 15 is 0 Å². The van der Waals surface area contributed by atoms with Gasteiger partial charge in [-0.3, -0.25) is 4.79 Å². The molecule has 2 aliphatic rings. The summed E-state index contributed by atoms with van der Waals surface area (Å²) in [5, 5.41) is 0. The third-order valence-corrected chi connectivity index (χ3v) is 4.18. The molecule has 0 N–H and O–H groups in total. The Bertz CT molecular complexity index is 500. The number of hydrogen-bond acceptors (Lipinski definition) is 3. The maximum Gasteiger partial charge on any atom is 0.231 e. The number of benzene rings is 1. The quantitative estimate of drug-likeness (QED) is 0.858. The summed E-state index contributed by atoms with van der Waals surface area (Å²) in [6.45, 7) is 4.24. The van der Waals surface area contributed by atoms with Crippen LogP contribution in [0.1, 0.15) is 31.7 Å². The van der Waals surface area contributed by atoms with Gasteiger partial charge in [0, 0.05) is 19.0 Å². The van der Waals surface area contributed by atoms with Crippen molar-refractivity contribution in [1.29, 1.82) is 0 Å². The molecule has 3 rings (SSSR count). The van der Waals surface area contributed by atoms with Crippen molar-refractivity contribution in [2.45, 2.75) is 32.6 Å². The minimum Gasteiger partial charge on any atom is -0.454 e. The van der Waals surface area contributed by atoms with E-state index in [2.05, 4.69) is 6.92 Å². The molecule has 0 saturated carbocycles. The molecular weight excluding hydrogens is 290 g/mol.